The summed E-state index contributed by atoms with van der Waals surface area (Å²) < 4.78 is 48.3. The van der Waals surface area contributed by atoms with Gasteiger partial charge in [0.15, 0.2) is 0 Å². The Hall–Kier alpha value is -2.70. The van der Waals surface area contributed by atoms with Gasteiger partial charge >= 0.3 is 6.18 Å². The monoisotopic (exact) mass is 339 g/mol. The third kappa shape index (κ3) is 4.41. The van der Waals surface area contributed by atoms with Crippen LogP contribution in [0.25, 0.3) is 0 Å². The van der Waals surface area contributed by atoms with Gasteiger partial charge in [-0.3, -0.25) is 4.79 Å². The molecule has 0 aliphatic rings. The van der Waals surface area contributed by atoms with E-state index in [1.54, 1.807) is 18.2 Å². The lowest BCUT2D eigenvalue weighted by Crippen LogP contribution is -2.15. The second-order valence-electron chi connectivity index (χ2n) is 4.99. The minimum atomic E-state index is -4.44. The average Bonchev–Trinajstić information content (AvgIpc) is 2.54. The van der Waals surface area contributed by atoms with Gasteiger partial charge in [-0.15, -0.1) is 0 Å². The maximum Gasteiger partial charge on any atom is 0.416 e. The maximum absolute atomic E-state index is 12.7. The Kier molecular flexibility index (Phi) is 5.33. The van der Waals surface area contributed by atoms with Gasteiger partial charge in [0.1, 0.15) is 11.5 Å². The molecule has 0 aliphatic carbocycles. The molecule has 0 saturated heterocycles. The van der Waals surface area contributed by atoms with Crippen LogP contribution < -0.4 is 14.8 Å². The van der Waals surface area contributed by atoms with E-state index in [1.807, 2.05) is 0 Å². The van der Waals surface area contributed by atoms with Gasteiger partial charge < -0.3 is 14.8 Å². The maximum atomic E-state index is 12.7. The van der Waals surface area contributed by atoms with Crippen LogP contribution in [0.4, 0.5) is 18.9 Å². The second-order valence-corrected chi connectivity index (χ2v) is 4.99. The minimum absolute atomic E-state index is 0.181. The Morgan fingerprint density at radius 1 is 1.08 bits per heavy atom. The van der Waals surface area contributed by atoms with Gasteiger partial charge in [0.25, 0.3) is 0 Å². The van der Waals surface area contributed by atoms with Crippen molar-refractivity contribution in [3.8, 4) is 11.5 Å². The van der Waals surface area contributed by atoms with Crippen molar-refractivity contribution in [1.82, 2.24) is 0 Å². The van der Waals surface area contributed by atoms with Crippen molar-refractivity contribution in [1.29, 1.82) is 0 Å². The topological polar surface area (TPSA) is 47.6 Å². The smallest absolute Gasteiger partial charge is 0.416 e. The second kappa shape index (κ2) is 7.25. The van der Waals surface area contributed by atoms with E-state index in [0.29, 0.717) is 17.2 Å². The van der Waals surface area contributed by atoms with Crippen LogP contribution >= 0.6 is 0 Å². The zero-order valence-corrected chi connectivity index (χ0v) is 13.1. The number of ether oxygens (including phenoxy) is 2. The zero-order chi connectivity index (χ0) is 17.7. The molecule has 1 N–H and O–H groups in total. The third-order valence-electron chi connectivity index (χ3n) is 3.30. The largest absolute Gasteiger partial charge is 0.497 e. The summed E-state index contributed by atoms with van der Waals surface area (Å²) in [6, 6.07) is 9.52. The van der Waals surface area contributed by atoms with Crippen molar-refractivity contribution in [3.05, 3.63) is 53.6 Å². The van der Waals surface area contributed by atoms with E-state index < -0.39 is 17.6 Å². The molecule has 24 heavy (non-hydrogen) atoms. The first-order valence-electron chi connectivity index (χ1n) is 7.01. The number of halogens is 3. The van der Waals surface area contributed by atoms with Crippen LogP contribution in [0, 0.1) is 0 Å². The summed E-state index contributed by atoms with van der Waals surface area (Å²) >= 11 is 0. The number of anilines is 1. The van der Waals surface area contributed by atoms with Crippen LogP contribution in [0.2, 0.25) is 0 Å². The van der Waals surface area contributed by atoms with Gasteiger partial charge in [-0.05, 0) is 23.8 Å². The Bertz CT molecular complexity index is 729. The molecule has 0 heterocycles. The molecule has 0 aliphatic heterocycles. The van der Waals surface area contributed by atoms with E-state index in [2.05, 4.69) is 5.32 Å². The Morgan fingerprint density at radius 3 is 2.46 bits per heavy atom. The lowest BCUT2D eigenvalue weighted by atomic mass is 10.1. The first-order chi connectivity index (χ1) is 11.3. The molecule has 0 saturated carbocycles. The molecule has 0 bridgehead atoms. The highest BCUT2D eigenvalue weighted by Crippen LogP contribution is 2.30. The molecule has 0 radical (unpaired) electrons. The molecule has 2 aromatic rings. The molecular weight excluding hydrogens is 323 g/mol. The molecule has 0 aromatic heterocycles. The fourth-order valence-corrected chi connectivity index (χ4v) is 2.14. The van der Waals surface area contributed by atoms with Gasteiger partial charge in [-0.1, -0.05) is 18.2 Å². The molecule has 2 aromatic carbocycles. The summed E-state index contributed by atoms with van der Waals surface area (Å²) in [6.45, 7) is 0. The minimum Gasteiger partial charge on any atom is -0.497 e. The molecule has 0 fully saturated rings. The highest BCUT2D eigenvalue weighted by atomic mass is 19.4. The lowest BCUT2D eigenvalue weighted by molar-refractivity contribution is -0.137. The Morgan fingerprint density at radius 2 is 1.83 bits per heavy atom. The van der Waals surface area contributed by atoms with Gasteiger partial charge in [0.2, 0.25) is 5.91 Å². The molecule has 0 unspecified atom stereocenters. The number of nitrogens with one attached hydrogen (secondary N) is 1. The van der Waals surface area contributed by atoms with Crippen molar-refractivity contribution in [2.75, 3.05) is 19.5 Å². The van der Waals surface area contributed by atoms with Gasteiger partial charge in [0, 0.05) is 6.07 Å². The SMILES string of the molecule is COc1ccc(NC(=O)Cc2cccc(C(F)(F)F)c2)c(OC)c1. The predicted octanol–water partition coefficient (Wildman–Crippen LogP) is 3.90. The summed E-state index contributed by atoms with van der Waals surface area (Å²) in [7, 11) is 2.94. The number of rotatable bonds is 5. The number of hydrogen-bond donors (Lipinski definition) is 1. The van der Waals surface area contributed by atoms with Crippen molar-refractivity contribution < 1.29 is 27.4 Å². The fraction of sp³-hybridized carbons (Fsp3) is 0.235. The molecule has 128 valence electrons. The quantitative estimate of drug-likeness (QED) is 0.899. The third-order valence-corrected chi connectivity index (χ3v) is 3.30. The van der Waals surface area contributed by atoms with Crippen LogP contribution in [-0.2, 0) is 17.4 Å². The van der Waals surface area contributed by atoms with E-state index in [0.717, 1.165) is 12.1 Å². The average molecular weight is 339 g/mol. The van der Waals surface area contributed by atoms with Crippen LogP contribution in [0.5, 0.6) is 11.5 Å². The van der Waals surface area contributed by atoms with Crippen LogP contribution in [0.1, 0.15) is 11.1 Å². The molecule has 4 nitrogen and oxygen atoms in total. The van der Waals surface area contributed by atoms with Gasteiger partial charge in [0.05, 0.1) is 31.9 Å². The van der Waals surface area contributed by atoms with E-state index >= 15 is 0 Å². The standard InChI is InChI=1S/C17H16F3NO3/c1-23-13-6-7-14(15(10-13)24-2)21-16(22)9-11-4-3-5-12(8-11)17(18,19)20/h3-8,10H,9H2,1-2H3,(H,21,22). The number of alkyl halides is 3. The van der Waals surface area contributed by atoms with E-state index in [4.69, 9.17) is 9.47 Å². The van der Waals surface area contributed by atoms with E-state index in [-0.39, 0.29) is 12.0 Å². The predicted molar refractivity (Wildman–Crippen MR) is 83.3 cm³/mol. The van der Waals surface area contributed by atoms with Crippen molar-refractivity contribution in [2.24, 2.45) is 0 Å². The molecule has 0 atom stereocenters. The van der Waals surface area contributed by atoms with Crippen molar-refractivity contribution >= 4 is 11.6 Å². The number of hydrogen-bond acceptors (Lipinski definition) is 3. The molecule has 7 heteroatoms. The number of carbonyl (C=O) groups is 1. The van der Waals surface area contributed by atoms with Crippen molar-refractivity contribution in [3.63, 3.8) is 0 Å². The zero-order valence-electron chi connectivity index (χ0n) is 13.1. The number of carbonyl (C=O) groups excluding carboxylic acids is 1. The van der Waals surface area contributed by atoms with Crippen LogP contribution in [-0.4, -0.2) is 20.1 Å². The van der Waals surface area contributed by atoms with E-state index in [1.165, 1.54) is 26.4 Å². The molecule has 0 spiro atoms. The molecule has 2 rings (SSSR count). The summed E-state index contributed by atoms with van der Waals surface area (Å²) in [5.74, 6) is 0.507. The number of methoxy groups -OCH3 is 2. The van der Waals surface area contributed by atoms with Gasteiger partial charge in [-0.2, -0.15) is 13.2 Å². The van der Waals surface area contributed by atoms with Crippen molar-refractivity contribution in [2.45, 2.75) is 12.6 Å². The normalized spacial score (nSPS) is 11.0. The Labute approximate surface area is 137 Å². The summed E-state index contributed by atoms with van der Waals surface area (Å²) in [4.78, 5) is 12.1. The number of benzene rings is 2. The van der Waals surface area contributed by atoms with Gasteiger partial charge in [-0.25, -0.2) is 0 Å². The first-order valence-corrected chi connectivity index (χ1v) is 7.01. The summed E-state index contributed by atoms with van der Waals surface area (Å²) in [6.07, 6.45) is -4.62. The number of amides is 1. The van der Waals surface area contributed by atoms with E-state index in [9.17, 15) is 18.0 Å². The first kappa shape index (κ1) is 17.7. The summed E-state index contributed by atoms with van der Waals surface area (Å²) in [5.41, 5.74) is -0.0973. The highest BCUT2D eigenvalue weighted by Gasteiger charge is 2.30. The highest BCUT2D eigenvalue weighted by molar-refractivity contribution is 5.93. The Balaban J connectivity index is 2.11. The van der Waals surface area contributed by atoms with Crippen LogP contribution in [0.15, 0.2) is 42.5 Å². The fourth-order valence-electron chi connectivity index (χ4n) is 2.14. The summed E-state index contributed by atoms with van der Waals surface area (Å²) in [5, 5.41) is 2.62. The van der Waals surface area contributed by atoms with Crippen LogP contribution in [0.3, 0.4) is 0 Å². The molecule has 1 amide bonds. The molecular formula is C17H16F3NO3. The lowest BCUT2D eigenvalue weighted by Gasteiger charge is -2.12.